The van der Waals surface area contributed by atoms with Crippen molar-refractivity contribution < 1.29 is 9.18 Å². The zero-order valence-corrected chi connectivity index (χ0v) is 17.0. The van der Waals surface area contributed by atoms with E-state index in [4.69, 9.17) is 23.2 Å². The second-order valence-corrected chi connectivity index (χ2v) is 7.23. The van der Waals surface area contributed by atoms with E-state index < -0.39 is 0 Å². The highest BCUT2D eigenvalue weighted by Crippen LogP contribution is 2.24. The van der Waals surface area contributed by atoms with E-state index in [0.717, 1.165) is 6.42 Å². The van der Waals surface area contributed by atoms with Crippen molar-refractivity contribution in [2.75, 3.05) is 6.54 Å². The van der Waals surface area contributed by atoms with E-state index in [1.54, 1.807) is 29.2 Å². The predicted molar refractivity (Wildman–Crippen MR) is 111 cm³/mol. The van der Waals surface area contributed by atoms with Crippen molar-refractivity contribution >= 4 is 40.1 Å². The number of carbonyl (C=O) groups excluding carboxylic acids is 1. The minimum Gasteiger partial charge on any atom is -0.327 e. The summed E-state index contributed by atoms with van der Waals surface area (Å²) < 4.78 is 16.2. The molecule has 0 atom stereocenters. The molecule has 146 valence electrons. The summed E-state index contributed by atoms with van der Waals surface area (Å²) in [6.45, 7) is 6.93. The Labute approximate surface area is 173 Å². The summed E-state index contributed by atoms with van der Waals surface area (Å²) in [5.74, 6) is -0.0636. The van der Waals surface area contributed by atoms with Crippen molar-refractivity contribution in [1.82, 2.24) is 14.5 Å². The number of amides is 1. The van der Waals surface area contributed by atoms with E-state index in [2.05, 4.69) is 11.6 Å². The minimum atomic E-state index is -0.381. The Kier molecular flexibility index (Phi) is 6.37. The van der Waals surface area contributed by atoms with Crippen molar-refractivity contribution in [3.05, 3.63) is 76.3 Å². The number of hydrogen-bond donors (Lipinski definition) is 0. The van der Waals surface area contributed by atoms with Crippen LogP contribution in [0.5, 0.6) is 0 Å². The molecule has 1 amide bonds. The standard InChI is InChI=1S/C21H20Cl2FN3O/c1-3-10-26(21(28)15-12-14(22)8-9-16(15)23)13-19-25-20-17(24)6-5-7-18(20)27(19)11-4-2/h3,5-9,12H,1,4,10-11,13H2,2H3. The number of imidazole rings is 1. The summed E-state index contributed by atoms with van der Waals surface area (Å²) in [4.78, 5) is 19.1. The second-order valence-electron chi connectivity index (χ2n) is 6.39. The van der Waals surface area contributed by atoms with Crippen LogP contribution in [0.4, 0.5) is 4.39 Å². The van der Waals surface area contributed by atoms with Gasteiger partial charge >= 0.3 is 0 Å². The highest BCUT2D eigenvalue weighted by atomic mass is 35.5. The molecular weight excluding hydrogens is 400 g/mol. The number of hydrogen-bond acceptors (Lipinski definition) is 2. The third-order valence-electron chi connectivity index (χ3n) is 4.38. The molecular formula is C21H20Cl2FN3O. The van der Waals surface area contributed by atoms with Crippen molar-refractivity contribution in [1.29, 1.82) is 0 Å². The summed E-state index contributed by atoms with van der Waals surface area (Å²) in [5.41, 5.74) is 1.32. The van der Waals surface area contributed by atoms with Crippen LogP contribution in [-0.4, -0.2) is 26.9 Å². The summed E-state index contributed by atoms with van der Waals surface area (Å²) in [6.07, 6.45) is 2.48. The molecule has 0 unspecified atom stereocenters. The van der Waals surface area contributed by atoms with Gasteiger partial charge < -0.3 is 9.47 Å². The number of rotatable bonds is 7. The quantitative estimate of drug-likeness (QED) is 0.459. The van der Waals surface area contributed by atoms with Gasteiger partial charge in [0.25, 0.3) is 5.91 Å². The first-order valence-electron chi connectivity index (χ1n) is 8.95. The molecule has 0 fully saturated rings. The molecule has 0 aliphatic carbocycles. The van der Waals surface area contributed by atoms with Gasteiger partial charge in [-0.2, -0.15) is 0 Å². The average molecular weight is 420 g/mol. The lowest BCUT2D eigenvalue weighted by atomic mass is 10.2. The summed E-state index contributed by atoms with van der Waals surface area (Å²) >= 11 is 12.2. The molecule has 0 aliphatic rings. The Morgan fingerprint density at radius 2 is 2.11 bits per heavy atom. The smallest absolute Gasteiger partial charge is 0.256 e. The van der Waals surface area contributed by atoms with Crippen molar-refractivity contribution in [2.24, 2.45) is 0 Å². The number of nitrogens with zero attached hydrogens (tertiary/aromatic N) is 3. The molecule has 0 bridgehead atoms. The van der Waals surface area contributed by atoms with Crippen molar-refractivity contribution in [2.45, 2.75) is 26.4 Å². The van der Waals surface area contributed by atoms with E-state index in [0.29, 0.717) is 45.6 Å². The van der Waals surface area contributed by atoms with Gasteiger partial charge in [0, 0.05) is 18.1 Å². The van der Waals surface area contributed by atoms with Crippen LogP contribution in [0.3, 0.4) is 0 Å². The lowest BCUT2D eigenvalue weighted by Crippen LogP contribution is -2.32. The molecule has 0 N–H and O–H groups in total. The number of aryl methyl sites for hydroxylation is 1. The van der Waals surface area contributed by atoms with Crippen LogP contribution in [-0.2, 0) is 13.1 Å². The fraction of sp³-hybridized carbons (Fsp3) is 0.238. The van der Waals surface area contributed by atoms with Crippen molar-refractivity contribution in [3.63, 3.8) is 0 Å². The van der Waals surface area contributed by atoms with Gasteiger partial charge in [0.2, 0.25) is 0 Å². The Bertz CT molecular complexity index is 1030. The van der Waals surface area contributed by atoms with Gasteiger partial charge in [-0.05, 0) is 36.8 Å². The molecule has 2 aromatic carbocycles. The Morgan fingerprint density at radius 1 is 1.32 bits per heavy atom. The van der Waals surface area contributed by atoms with Crippen LogP contribution in [0.15, 0.2) is 49.1 Å². The SMILES string of the molecule is C=CCN(Cc1nc2c(F)cccc2n1CCC)C(=O)c1cc(Cl)ccc1Cl. The molecule has 3 rings (SSSR count). The molecule has 1 aromatic heterocycles. The molecule has 28 heavy (non-hydrogen) atoms. The monoisotopic (exact) mass is 419 g/mol. The fourth-order valence-corrected chi connectivity index (χ4v) is 3.50. The first-order valence-corrected chi connectivity index (χ1v) is 9.70. The molecule has 4 nitrogen and oxygen atoms in total. The number of benzene rings is 2. The summed E-state index contributed by atoms with van der Waals surface area (Å²) in [7, 11) is 0. The minimum absolute atomic E-state index is 0.196. The van der Waals surface area contributed by atoms with E-state index in [1.807, 2.05) is 17.6 Å². The van der Waals surface area contributed by atoms with E-state index in [-0.39, 0.29) is 18.3 Å². The zero-order valence-electron chi connectivity index (χ0n) is 15.5. The normalized spacial score (nSPS) is 11.0. The van der Waals surface area contributed by atoms with Crippen molar-refractivity contribution in [3.8, 4) is 0 Å². The zero-order chi connectivity index (χ0) is 20.3. The number of para-hydroxylation sites is 1. The van der Waals surface area contributed by atoms with Crippen LogP contribution in [0.25, 0.3) is 11.0 Å². The first kappa shape index (κ1) is 20.4. The van der Waals surface area contributed by atoms with Gasteiger partial charge in [-0.1, -0.05) is 42.3 Å². The molecule has 0 radical (unpaired) electrons. The third-order valence-corrected chi connectivity index (χ3v) is 4.95. The summed E-state index contributed by atoms with van der Waals surface area (Å²) in [5, 5.41) is 0.739. The fourth-order valence-electron chi connectivity index (χ4n) is 3.13. The van der Waals surface area contributed by atoms with E-state index in [1.165, 1.54) is 12.1 Å². The second kappa shape index (κ2) is 8.76. The lowest BCUT2D eigenvalue weighted by Gasteiger charge is -2.22. The number of fused-ring (bicyclic) bond motifs is 1. The molecule has 0 spiro atoms. The molecule has 3 aromatic rings. The van der Waals surface area contributed by atoms with Gasteiger partial charge in [-0.25, -0.2) is 9.37 Å². The molecule has 0 aliphatic heterocycles. The van der Waals surface area contributed by atoms with Gasteiger partial charge in [0.15, 0.2) is 5.82 Å². The number of aromatic nitrogens is 2. The van der Waals surface area contributed by atoms with Crippen LogP contribution in [0.2, 0.25) is 10.0 Å². The molecule has 1 heterocycles. The van der Waals surface area contributed by atoms with Crippen LogP contribution >= 0.6 is 23.2 Å². The molecule has 0 saturated heterocycles. The van der Waals surface area contributed by atoms with Gasteiger partial charge in [-0.3, -0.25) is 4.79 Å². The van der Waals surface area contributed by atoms with E-state index in [9.17, 15) is 9.18 Å². The maximum absolute atomic E-state index is 14.2. The number of halogens is 3. The number of carbonyl (C=O) groups is 1. The van der Waals surface area contributed by atoms with Crippen LogP contribution in [0, 0.1) is 5.82 Å². The Balaban J connectivity index is 2.02. The van der Waals surface area contributed by atoms with Gasteiger partial charge in [0.1, 0.15) is 11.3 Å². The third kappa shape index (κ3) is 4.05. The maximum atomic E-state index is 14.2. The van der Waals surface area contributed by atoms with E-state index >= 15 is 0 Å². The molecule has 7 heteroatoms. The Morgan fingerprint density at radius 3 is 2.82 bits per heavy atom. The first-order chi connectivity index (χ1) is 13.5. The highest BCUT2D eigenvalue weighted by Gasteiger charge is 2.22. The maximum Gasteiger partial charge on any atom is 0.256 e. The molecule has 0 saturated carbocycles. The topological polar surface area (TPSA) is 38.1 Å². The predicted octanol–water partition coefficient (Wildman–Crippen LogP) is 5.72. The summed E-state index contributed by atoms with van der Waals surface area (Å²) in [6, 6.07) is 9.63. The van der Waals surface area contributed by atoms with Crippen LogP contribution < -0.4 is 0 Å². The average Bonchev–Trinajstić information content (AvgIpc) is 3.02. The Hall–Kier alpha value is -2.37. The highest BCUT2D eigenvalue weighted by molar-refractivity contribution is 6.35. The van der Waals surface area contributed by atoms with Gasteiger partial charge in [0.05, 0.1) is 22.6 Å². The van der Waals surface area contributed by atoms with Crippen LogP contribution in [0.1, 0.15) is 29.5 Å². The van der Waals surface area contributed by atoms with Gasteiger partial charge in [-0.15, -0.1) is 6.58 Å². The largest absolute Gasteiger partial charge is 0.327 e. The lowest BCUT2D eigenvalue weighted by molar-refractivity contribution is 0.0757.